The van der Waals surface area contributed by atoms with Gasteiger partial charge in [-0.05, 0) is 18.2 Å². The summed E-state index contributed by atoms with van der Waals surface area (Å²) in [5.41, 5.74) is 0.894. The first-order chi connectivity index (χ1) is 8.70. The average molecular weight is 267 g/mol. The van der Waals surface area contributed by atoms with Crippen LogP contribution in [0, 0.1) is 11.3 Å². The number of ether oxygens (including phenoxy) is 2. The second kappa shape index (κ2) is 5.83. The summed E-state index contributed by atoms with van der Waals surface area (Å²) in [5.74, 6) is -0.304. The van der Waals surface area contributed by atoms with E-state index in [1.165, 1.54) is 6.07 Å². The summed E-state index contributed by atoms with van der Waals surface area (Å²) in [6.07, 6.45) is -0.620. The van der Waals surface area contributed by atoms with Crippen molar-refractivity contribution in [1.29, 1.82) is 5.26 Å². The molecule has 6 heteroatoms. The van der Waals surface area contributed by atoms with Gasteiger partial charge in [0.25, 0.3) is 5.91 Å². The summed E-state index contributed by atoms with van der Waals surface area (Å²) in [5, 5.41) is 11.7. The first kappa shape index (κ1) is 12.8. The third-order valence-electron chi connectivity index (χ3n) is 2.46. The molecule has 0 aromatic heterocycles. The van der Waals surface area contributed by atoms with Gasteiger partial charge in [-0.15, -0.1) is 0 Å². The smallest absolute Gasteiger partial charge is 0.255 e. The van der Waals surface area contributed by atoms with Crippen LogP contribution in [0.3, 0.4) is 0 Å². The Bertz CT molecular complexity index is 493. The summed E-state index contributed by atoms with van der Waals surface area (Å²) < 4.78 is 10.4. The molecule has 1 heterocycles. The Balaban J connectivity index is 2.04. The zero-order valence-corrected chi connectivity index (χ0v) is 10.2. The molecule has 1 unspecified atom stereocenters. The van der Waals surface area contributed by atoms with Crippen molar-refractivity contribution in [1.82, 2.24) is 0 Å². The summed E-state index contributed by atoms with van der Waals surface area (Å²) in [6.45, 7) is 1.14. The molecule has 1 aromatic rings. The van der Waals surface area contributed by atoms with Crippen molar-refractivity contribution >= 4 is 23.2 Å². The van der Waals surface area contributed by atoms with Crippen molar-refractivity contribution < 1.29 is 14.3 Å². The molecule has 0 bridgehead atoms. The van der Waals surface area contributed by atoms with Crippen LogP contribution in [-0.4, -0.2) is 31.8 Å². The molecule has 1 atom stereocenters. The molecule has 0 aliphatic carbocycles. The van der Waals surface area contributed by atoms with Crippen molar-refractivity contribution in [3.05, 3.63) is 28.8 Å². The van der Waals surface area contributed by atoms with Gasteiger partial charge in [-0.3, -0.25) is 4.79 Å². The molecule has 18 heavy (non-hydrogen) atoms. The predicted molar refractivity (Wildman–Crippen MR) is 65.4 cm³/mol. The maximum atomic E-state index is 11.8. The largest absolute Gasteiger partial charge is 0.376 e. The zero-order valence-electron chi connectivity index (χ0n) is 9.48. The second-order valence-corrected chi connectivity index (χ2v) is 4.14. The number of anilines is 1. The van der Waals surface area contributed by atoms with Crippen LogP contribution in [0.5, 0.6) is 0 Å². The normalized spacial score (nSPS) is 19.0. The molecular weight excluding hydrogens is 256 g/mol. The van der Waals surface area contributed by atoms with Crippen LogP contribution in [0.4, 0.5) is 5.69 Å². The highest BCUT2D eigenvalue weighted by Gasteiger charge is 2.23. The van der Waals surface area contributed by atoms with E-state index in [0.29, 0.717) is 29.5 Å². The quantitative estimate of drug-likeness (QED) is 0.882. The molecule has 1 N–H and O–H groups in total. The minimum Gasteiger partial charge on any atom is -0.376 e. The van der Waals surface area contributed by atoms with Gasteiger partial charge in [0, 0.05) is 0 Å². The van der Waals surface area contributed by atoms with Gasteiger partial charge in [-0.1, -0.05) is 11.6 Å². The van der Waals surface area contributed by atoms with Gasteiger partial charge in [0.15, 0.2) is 6.10 Å². The molecule has 5 nitrogen and oxygen atoms in total. The van der Waals surface area contributed by atoms with Crippen LogP contribution in [0.15, 0.2) is 18.2 Å². The van der Waals surface area contributed by atoms with Crippen molar-refractivity contribution in [3.63, 3.8) is 0 Å². The number of nitriles is 1. The fourth-order valence-corrected chi connectivity index (χ4v) is 1.77. The fourth-order valence-electron chi connectivity index (χ4n) is 1.54. The molecule has 0 radical (unpaired) electrons. The molecule has 2 rings (SSSR count). The van der Waals surface area contributed by atoms with Gasteiger partial charge >= 0.3 is 0 Å². The maximum Gasteiger partial charge on any atom is 0.255 e. The van der Waals surface area contributed by atoms with E-state index in [-0.39, 0.29) is 12.5 Å². The number of amides is 1. The Labute approximate surface area is 109 Å². The molecule has 1 fully saturated rings. The number of nitrogens with one attached hydrogen (secondary N) is 1. The molecular formula is C12H11ClN2O3. The Morgan fingerprint density at radius 1 is 1.50 bits per heavy atom. The Hall–Kier alpha value is -1.61. The number of hydrogen-bond acceptors (Lipinski definition) is 4. The van der Waals surface area contributed by atoms with E-state index in [0.717, 1.165) is 0 Å². The van der Waals surface area contributed by atoms with Crippen LogP contribution in [0.1, 0.15) is 5.56 Å². The first-order valence-electron chi connectivity index (χ1n) is 5.40. The van der Waals surface area contributed by atoms with E-state index < -0.39 is 6.10 Å². The van der Waals surface area contributed by atoms with E-state index in [2.05, 4.69) is 5.32 Å². The molecule has 0 spiro atoms. The first-order valence-corrected chi connectivity index (χ1v) is 5.78. The third-order valence-corrected chi connectivity index (χ3v) is 2.78. The van der Waals surface area contributed by atoms with Gasteiger partial charge in [-0.2, -0.15) is 5.26 Å². The lowest BCUT2D eigenvalue weighted by Crippen LogP contribution is -2.39. The fraction of sp³-hybridized carbons (Fsp3) is 0.333. The average Bonchev–Trinajstić information content (AvgIpc) is 2.42. The number of nitrogens with zero attached hydrogens (tertiary/aromatic N) is 1. The lowest BCUT2D eigenvalue weighted by atomic mass is 10.2. The molecule has 1 amide bonds. The van der Waals surface area contributed by atoms with E-state index in [1.807, 2.05) is 6.07 Å². The standard InChI is InChI=1S/C12H11ClN2O3/c13-9-5-8(6-14)1-2-10(9)15-12(16)11-7-17-3-4-18-11/h1-2,5,11H,3-4,7H2,(H,15,16). The molecule has 1 aliphatic rings. The SMILES string of the molecule is N#Cc1ccc(NC(=O)C2COCCO2)c(Cl)c1. The van der Waals surface area contributed by atoms with Crippen LogP contribution in [0.2, 0.25) is 5.02 Å². The lowest BCUT2D eigenvalue weighted by molar-refractivity contribution is -0.142. The minimum atomic E-state index is -0.620. The molecule has 1 aromatic carbocycles. The summed E-state index contributed by atoms with van der Waals surface area (Å²) in [4.78, 5) is 11.8. The number of carbonyl (C=O) groups excluding carboxylic acids is 1. The monoisotopic (exact) mass is 266 g/mol. The highest BCUT2D eigenvalue weighted by Crippen LogP contribution is 2.23. The van der Waals surface area contributed by atoms with Gasteiger partial charge in [-0.25, -0.2) is 0 Å². The molecule has 94 valence electrons. The summed E-state index contributed by atoms with van der Waals surface area (Å²) >= 11 is 5.95. The zero-order chi connectivity index (χ0) is 13.0. The molecule has 1 aliphatic heterocycles. The predicted octanol–water partition coefficient (Wildman–Crippen LogP) is 1.57. The highest BCUT2D eigenvalue weighted by atomic mass is 35.5. The summed E-state index contributed by atoms with van der Waals surface area (Å²) in [7, 11) is 0. The second-order valence-electron chi connectivity index (χ2n) is 3.73. The minimum absolute atomic E-state index is 0.236. The van der Waals surface area contributed by atoms with Crippen LogP contribution >= 0.6 is 11.6 Å². The van der Waals surface area contributed by atoms with Crippen molar-refractivity contribution in [2.24, 2.45) is 0 Å². The highest BCUT2D eigenvalue weighted by molar-refractivity contribution is 6.33. The number of carbonyl (C=O) groups is 1. The van der Waals surface area contributed by atoms with Crippen molar-refractivity contribution in [2.75, 3.05) is 25.1 Å². The number of benzene rings is 1. The topological polar surface area (TPSA) is 71.4 Å². The van der Waals surface area contributed by atoms with Crippen LogP contribution < -0.4 is 5.32 Å². The third kappa shape index (κ3) is 2.99. The maximum absolute atomic E-state index is 11.8. The molecule has 0 saturated carbocycles. The van der Waals surface area contributed by atoms with Crippen molar-refractivity contribution in [3.8, 4) is 6.07 Å². The molecule has 1 saturated heterocycles. The van der Waals surface area contributed by atoms with Crippen molar-refractivity contribution in [2.45, 2.75) is 6.10 Å². The lowest BCUT2D eigenvalue weighted by Gasteiger charge is -2.22. The van der Waals surface area contributed by atoms with E-state index >= 15 is 0 Å². The number of rotatable bonds is 2. The van der Waals surface area contributed by atoms with E-state index in [1.54, 1.807) is 12.1 Å². The Morgan fingerprint density at radius 3 is 2.94 bits per heavy atom. The van der Waals surface area contributed by atoms with E-state index in [4.69, 9.17) is 26.3 Å². The number of halogens is 1. The van der Waals surface area contributed by atoms with Gasteiger partial charge < -0.3 is 14.8 Å². The number of hydrogen-bond donors (Lipinski definition) is 1. The van der Waals surface area contributed by atoms with Gasteiger partial charge in [0.1, 0.15) is 0 Å². The summed E-state index contributed by atoms with van der Waals surface area (Å²) in [6, 6.07) is 6.63. The Morgan fingerprint density at radius 2 is 2.33 bits per heavy atom. The van der Waals surface area contributed by atoms with Gasteiger partial charge in [0.2, 0.25) is 0 Å². The van der Waals surface area contributed by atoms with E-state index in [9.17, 15) is 4.79 Å². The Kier molecular flexibility index (Phi) is 4.15. The van der Waals surface area contributed by atoms with Gasteiger partial charge in [0.05, 0.1) is 42.2 Å². The van der Waals surface area contributed by atoms with Crippen LogP contribution in [-0.2, 0) is 14.3 Å². The van der Waals surface area contributed by atoms with Crippen LogP contribution in [0.25, 0.3) is 0 Å².